The van der Waals surface area contributed by atoms with E-state index in [-0.39, 0.29) is 7.43 Å². The first-order chi connectivity index (χ1) is 6.76. The lowest BCUT2D eigenvalue weighted by Gasteiger charge is -2.24. The molecule has 1 heterocycles. The van der Waals surface area contributed by atoms with E-state index in [1.807, 2.05) is 0 Å². The third kappa shape index (κ3) is 5.08. The molecule has 0 aromatic heterocycles. The molecule has 0 radical (unpaired) electrons. The fourth-order valence-electron chi connectivity index (χ4n) is 1.50. The van der Waals surface area contributed by atoms with E-state index in [1.54, 1.807) is 21.3 Å². The van der Waals surface area contributed by atoms with Gasteiger partial charge in [0.05, 0.1) is 12.7 Å². The molecule has 5 heteroatoms. The zero-order valence-corrected chi connectivity index (χ0v) is 10.2. The molecule has 0 aliphatic carbocycles. The minimum absolute atomic E-state index is 0. The minimum Gasteiger partial charge on any atom is -0.377 e. The Bertz CT molecular complexity index is 149. The Balaban J connectivity index is 0.00000196. The van der Waals surface area contributed by atoms with Crippen LogP contribution in [-0.2, 0) is 18.0 Å². The van der Waals surface area contributed by atoms with Crippen molar-refractivity contribution in [2.45, 2.75) is 38.8 Å². The molecule has 1 saturated heterocycles. The van der Waals surface area contributed by atoms with Gasteiger partial charge < -0.3 is 18.0 Å². The van der Waals surface area contributed by atoms with Gasteiger partial charge in [-0.3, -0.25) is 0 Å². The van der Waals surface area contributed by atoms with Gasteiger partial charge in [-0.2, -0.15) is 0 Å². The molecule has 0 aromatic carbocycles. The molecular weight excluding hydrogens is 212 g/mol. The van der Waals surface area contributed by atoms with E-state index in [9.17, 15) is 0 Å². The summed E-state index contributed by atoms with van der Waals surface area (Å²) in [7, 11) is 2.66. The third-order valence-electron chi connectivity index (χ3n) is 2.59. The summed E-state index contributed by atoms with van der Waals surface area (Å²) in [6.45, 7) is 0.946. The summed E-state index contributed by atoms with van der Waals surface area (Å²) in [5.41, 5.74) is 0. The molecule has 92 valence electrons. The lowest BCUT2D eigenvalue weighted by Crippen LogP contribution is -2.42. The molecule has 1 fully saturated rings. The van der Waals surface area contributed by atoms with Crippen LogP contribution in [0.1, 0.15) is 26.7 Å². The first kappa shape index (κ1) is 15.1. The summed E-state index contributed by atoms with van der Waals surface area (Å²) < 4.78 is 21.1. The Hall–Kier alpha value is 0.0569. The van der Waals surface area contributed by atoms with Crippen molar-refractivity contribution in [1.82, 2.24) is 0 Å². The van der Waals surface area contributed by atoms with E-state index in [1.165, 1.54) is 0 Å². The van der Waals surface area contributed by atoms with Crippen molar-refractivity contribution < 1.29 is 18.0 Å². The van der Waals surface area contributed by atoms with Gasteiger partial charge >= 0.3 is 8.80 Å². The van der Waals surface area contributed by atoms with Crippen LogP contribution in [-0.4, -0.2) is 42.8 Å². The van der Waals surface area contributed by atoms with E-state index in [2.05, 4.69) is 0 Å². The fraction of sp³-hybridized carbons (Fsp3) is 1.00. The summed E-state index contributed by atoms with van der Waals surface area (Å²) >= 11 is 0. The predicted molar refractivity (Wildman–Crippen MR) is 61.9 cm³/mol. The smallest absolute Gasteiger partial charge is 0.377 e. The highest BCUT2D eigenvalue weighted by molar-refractivity contribution is 6.60. The monoisotopic (exact) mass is 236 g/mol. The Morgan fingerprint density at radius 1 is 1.13 bits per heavy atom. The average molecular weight is 236 g/mol. The molecule has 1 atom stereocenters. The Labute approximate surface area is 94.2 Å². The number of unbranched alkanes of at least 4 members (excludes halogenated alkanes) is 1. The van der Waals surface area contributed by atoms with Crippen molar-refractivity contribution in [2.24, 2.45) is 0 Å². The molecule has 1 rings (SSSR count). The zero-order valence-electron chi connectivity index (χ0n) is 9.25. The standard InChI is InChI=1S/C9H20O4Si.CH4/c1-10-14(11-2,12-3)7-5-4-6-9-8-13-9;/h9H,4-8H2,1-3H3;1H4. The van der Waals surface area contributed by atoms with Gasteiger partial charge in [-0.05, 0) is 12.8 Å². The van der Waals surface area contributed by atoms with Crippen LogP contribution in [0.3, 0.4) is 0 Å². The number of epoxide rings is 1. The number of hydrogen-bond acceptors (Lipinski definition) is 4. The van der Waals surface area contributed by atoms with E-state index in [0.717, 1.165) is 31.9 Å². The normalized spacial score (nSPS) is 19.8. The summed E-state index contributed by atoms with van der Waals surface area (Å²) in [5, 5.41) is 0. The largest absolute Gasteiger partial charge is 0.500 e. The van der Waals surface area contributed by atoms with E-state index >= 15 is 0 Å². The van der Waals surface area contributed by atoms with Crippen molar-refractivity contribution in [2.75, 3.05) is 27.9 Å². The van der Waals surface area contributed by atoms with E-state index < -0.39 is 8.80 Å². The van der Waals surface area contributed by atoms with E-state index in [0.29, 0.717) is 6.10 Å². The van der Waals surface area contributed by atoms with Gasteiger partial charge in [0.25, 0.3) is 0 Å². The van der Waals surface area contributed by atoms with Crippen LogP contribution in [0, 0.1) is 0 Å². The van der Waals surface area contributed by atoms with Gasteiger partial charge in [0.15, 0.2) is 0 Å². The maximum absolute atomic E-state index is 5.32. The van der Waals surface area contributed by atoms with Crippen molar-refractivity contribution >= 4 is 8.80 Å². The highest BCUT2D eigenvalue weighted by Gasteiger charge is 2.37. The molecule has 0 saturated carbocycles. The first-order valence-electron chi connectivity index (χ1n) is 5.03. The summed E-state index contributed by atoms with van der Waals surface area (Å²) in [5.74, 6) is 0. The molecule has 0 amide bonds. The SMILES string of the molecule is C.CO[Si](CCCCC1CO1)(OC)OC. The molecule has 1 unspecified atom stereocenters. The number of ether oxygens (including phenoxy) is 1. The van der Waals surface area contributed by atoms with Gasteiger partial charge in [-0.25, -0.2) is 0 Å². The average Bonchev–Trinajstić information content (AvgIpc) is 3.03. The van der Waals surface area contributed by atoms with Gasteiger partial charge in [-0.15, -0.1) is 0 Å². The second kappa shape index (κ2) is 7.35. The predicted octanol–water partition coefficient (Wildman–Crippen LogP) is 2.07. The minimum atomic E-state index is -2.31. The molecule has 0 N–H and O–H groups in total. The van der Waals surface area contributed by atoms with E-state index in [4.69, 9.17) is 18.0 Å². The van der Waals surface area contributed by atoms with Crippen LogP contribution in [0.25, 0.3) is 0 Å². The molecule has 4 nitrogen and oxygen atoms in total. The van der Waals surface area contributed by atoms with Crippen LogP contribution < -0.4 is 0 Å². The highest BCUT2D eigenvalue weighted by Crippen LogP contribution is 2.21. The fourth-order valence-corrected chi connectivity index (χ4v) is 3.30. The molecule has 15 heavy (non-hydrogen) atoms. The Morgan fingerprint density at radius 3 is 2.07 bits per heavy atom. The zero-order chi connectivity index (χ0) is 10.4. The van der Waals surface area contributed by atoms with Crippen LogP contribution >= 0.6 is 0 Å². The van der Waals surface area contributed by atoms with Crippen LogP contribution in [0.2, 0.25) is 6.04 Å². The van der Waals surface area contributed by atoms with Gasteiger partial charge in [0.1, 0.15) is 0 Å². The summed E-state index contributed by atoms with van der Waals surface area (Å²) in [6.07, 6.45) is 3.93. The maximum atomic E-state index is 5.32. The first-order valence-corrected chi connectivity index (χ1v) is 6.96. The second-order valence-corrected chi connectivity index (χ2v) is 6.59. The third-order valence-corrected chi connectivity index (χ3v) is 5.43. The molecule has 0 aromatic rings. The van der Waals surface area contributed by atoms with Crippen molar-refractivity contribution in [1.29, 1.82) is 0 Å². The lowest BCUT2D eigenvalue weighted by molar-refractivity contribution is 0.122. The molecule has 0 spiro atoms. The summed E-state index contributed by atoms with van der Waals surface area (Å²) in [6, 6.07) is 0.892. The number of hydrogen-bond donors (Lipinski definition) is 0. The van der Waals surface area contributed by atoms with Gasteiger partial charge in [0.2, 0.25) is 0 Å². The van der Waals surface area contributed by atoms with Crippen LogP contribution in [0.4, 0.5) is 0 Å². The Morgan fingerprint density at radius 2 is 1.67 bits per heavy atom. The quantitative estimate of drug-likeness (QED) is 0.367. The van der Waals surface area contributed by atoms with Crippen LogP contribution in [0.5, 0.6) is 0 Å². The number of rotatable bonds is 8. The molecule has 1 aliphatic heterocycles. The highest BCUT2D eigenvalue weighted by atomic mass is 28.4. The van der Waals surface area contributed by atoms with Crippen molar-refractivity contribution in [3.63, 3.8) is 0 Å². The molecule has 0 bridgehead atoms. The second-order valence-electron chi connectivity index (χ2n) is 3.50. The van der Waals surface area contributed by atoms with Gasteiger partial charge in [0, 0.05) is 27.4 Å². The van der Waals surface area contributed by atoms with Crippen LogP contribution in [0.15, 0.2) is 0 Å². The molecule has 1 aliphatic rings. The summed E-state index contributed by atoms with van der Waals surface area (Å²) in [4.78, 5) is 0. The Kier molecular flexibility index (Phi) is 7.38. The van der Waals surface area contributed by atoms with Crippen molar-refractivity contribution in [3.05, 3.63) is 0 Å². The lowest BCUT2D eigenvalue weighted by atomic mass is 10.2. The van der Waals surface area contributed by atoms with Crippen molar-refractivity contribution in [3.8, 4) is 0 Å². The molecular formula is C10H24O4Si. The van der Waals surface area contributed by atoms with Gasteiger partial charge in [-0.1, -0.05) is 13.8 Å². The topological polar surface area (TPSA) is 40.2 Å². The maximum Gasteiger partial charge on any atom is 0.500 e.